The number of ether oxygens (including phenoxy) is 1. The van der Waals surface area contributed by atoms with E-state index in [4.69, 9.17) is 5.73 Å². The maximum Gasteiger partial charge on any atom is 0.322 e. The number of hydrogen-bond acceptors (Lipinski definition) is 4. The van der Waals surface area contributed by atoms with Crippen molar-refractivity contribution in [3.05, 3.63) is 34.9 Å². The first-order valence-electron chi connectivity index (χ1n) is 6.02. The van der Waals surface area contributed by atoms with Crippen LogP contribution in [0.5, 0.6) is 0 Å². The van der Waals surface area contributed by atoms with E-state index in [0.29, 0.717) is 6.42 Å². The highest BCUT2D eigenvalue weighted by Crippen LogP contribution is 2.18. The van der Waals surface area contributed by atoms with Crippen LogP contribution >= 0.6 is 11.8 Å². The number of carbonyl (C=O) groups is 1. The van der Waals surface area contributed by atoms with E-state index in [1.54, 1.807) is 11.8 Å². The van der Waals surface area contributed by atoms with E-state index >= 15 is 0 Å². The molecule has 100 valence electrons. The Bertz CT molecular complexity index is 407. The third-order valence-corrected chi connectivity index (χ3v) is 3.88. The van der Waals surface area contributed by atoms with E-state index in [9.17, 15) is 4.79 Å². The molecule has 0 heterocycles. The third-order valence-electron chi connectivity index (χ3n) is 2.84. The van der Waals surface area contributed by atoms with Crippen molar-refractivity contribution in [2.75, 3.05) is 12.9 Å². The van der Waals surface area contributed by atoms with Crippen LogP contribution in [-0.4, -0.2) is 24.9 Å². The van der Waals surface area contributed by atoms with Crippen molar-refractivity contribution in [3.63, 3.8) is 0 Å². The van der Waals surface area contributed by atoms with Crippen molar-refractivity contribution in [2.45, 2.75) is 32.1 Å². The molecule has 0 spiro atoms. The van der Waals surface area contributed by atoms with Gasteiger partial charge in [0.25, 0.3) is 0 Å². The molecule has 1 atom stereocenters. The third kappa shape index (κ3) is 4.70. The Morgan fingerprint density at radius 2 is 2.17 bits per heavy atom. The highest BCUT2D eigenvalue weighted by atomic mass is 32.2. The van der Waals surface area contributed by atoms with Crippen LogP contribution in [0.3, 0.4) is 0 Å². The Kier molecular flexibility index (Phi) is 6.22. The van der Waals surface area contributed by atoms with E-state index in [1.807, 2.05) is 0 Å². The van der Waals surface area contributed by atoms with E-state index in [-0.39, 0.29) is 5.97 Å². The molecule has 1 aromatic rings. The number of benzene rings is 1. The Morgan fingerprint density at radius 3 is 2.83 bits per heavy atom. The van der Waals surface area contributed by atoms with Gasteiger partial charge < -0.3 is 10.5 Å². The van der Waals surface area contributed by atoms with Gasteiger partial charge in [0.15, 0.2) is 0 Å². The van der Waals surface area contributed by atoms with Crippen LogP contribution < -0.4 is 5.73 Å². The number of rotatable bonds is 6. The first-order valence-corrected chi connectivity index (χ1v) is 7.17. The van der Waals surface area contributed by atoms with E-state index in [2.05, 4.69) is 36.8 Å². The van der Waals surface area contributed by atoms with Gasteiger partial charge >= 0.3 is 5.97 Å². The quantitative estimate of drug-likeness (QED) is 0.635. The molecular weight excluding hydrogens is 246 g/mol. The van der Waals surface area contributed by atoms with Crippen molar-refractivity contribution in [1.82, 2.24) is 0 Å². The summed E-state index contributed by atoms with van der Waals surface area (Å²) >= 11 is 1.80. The lowest BCUT2D eigenvalue weighted by molar-refractivity contribution is -0.142. The largest absolute Gasteiger partial charge is 0.468 e. The molecular formula is C14H21NO2S. The summed E-state index contributed by atoms with van der Waals surface area (Å²) in [6.07, 6.45) is 0.655. The molecule has 0 aliphatic heterocycles. The van der Waals surface area contributed by atoms with Crippen LogP contribution in [0.25, 0.3) is 0 Å². The molecule has 0 aliphatic rings. The Hall–Kier alpha value is -1.00. The number of hydrogen-bond donors (Lipinski definition) is 1. The zero-order chi connectivity index (χ0) is 13.5. The van der Waals surface area contributed by atoms with Gasteiger partial charge in [0, 0.05) is 5.75 Å². The molecule has 4 heteroatoms. The molecule has 0 aliphatic carbocycles. The predicted molar refractivity (Wildman–Crippen MR) is 76.7 cm³/mol. The van der Waals surface area contributed by atoms with Gasteiger partial charge in [-0.2, -0.15) is 11.8 Å². The molecule has 0 bridgehead atoms. The molecule has 2 N–H and O–H groups in total. The Labute approximate surface area is 113 Å². The minimum atomic E-state index is -0.499. The lowest BCUT2D eigenvalue weighted by atomic mass is 10.1. The second kappa shape index (κ2) is 7.44. The molecule has 1 aromatic carbocycles. The van der Waals surface area contributed by atoms with E-state index in [1.165, 1.54) is 23.8 Å². The summed E-state index contributed by atoms with van der Waals surface area (Å²) < 4.78 is 4.59. The van der Waals surface area contributed by atoms with Gasteiger partial charge in [-0.25, -0.2) is 0 Å². The fourth-order valence-electron chi connectivity index (χ4n) is 1.62. The van der Waals surface area contributed by atoms with Crippen LogP contribution in [0.2, 0.25) is 0 Å². The highest BCUT2D eigenvalue weighted by molar-refractivity contribution is 7.98. The summed E-state index contributed by atoms with van der Waals surface area (Å²) in [6, 6.07) is 5.98. The first kappa shape index (κ1) is 15.1. The van der Waals surface area contributed by atoms with Crippen molar-refractivity contribution in [3.8, 4) is 0 Å². The topological polar surface area (TPSA) is 52.3 Å². The summed E-state index contributed by atoms with van der Waals surface area (Å²) in [5.74, 6) is 1.49. The molecule has 0 saturated carbocycles. The summed E-state index contributed by atoms with van der Waals surface area (Å²) in [7, 11) is 1.37. The lowest BCUT2D eigenvalue weighted by Gasteiger charge is -2.10. The maximum atomic E-state index is 11.1. The number of nitrogens with two attached hydrogens (primary N) is 1. The van der Waals surface area contributed by atoms with Gasteiger partial charge in [-0.1, -0.05) is 23.8 Å². The van der Waals surface area contributed by atoms with Crippen LogP contribution in [0, 0.1) is 13.8 Å². The Morgan fingerprint density at radius 1 is 1.44 bits per heavy atom. The monoisotopic (exact) mass is 267 g/mol. The lowest BCUT2D eigenvalue weighted by Crippen LogP contribution is -2.31. The Balaban J connectivity index is 2.34. The number of thioether (sulfide) groups is 1. The molecule has 3 nitrogen and oxygen atoms in total. The number of methoxy groups -OCH3 is 1. The summed E-state index contributed by atoms with van der Waals surface area (Å²) in [5, 5.41) is 0. The van der Waals surface area contributed by atoms with Crippen molar-refractivity contribution < 1.29 is 9.53 Å². The fraction of sp³-hybridized carbons (Fsp3) is 0.500. The number of aryl methyl sites for hydroxylation is 2. The van der Waals surface area contributed by atoms with Crippen LogP contribution in [0.4, 0.5) is 0 Å². The van der Waals surface area contributed by atoms with Crippen LogP contribution in [-0.2, 0) is 15.3 Å². The van der Waals surface area contributed by atoms with Crippen molar-refractivity contribution in [2.24, 2.45) is 5.73 Å². The van der Waals surface area contributed by atoms with Crippen molar-refractivity contribution >= 4 is 17.7 Å². The zero-order valence-corrected chi connectivity index (χ0v) is 12.0. The molecule has 1 rings (SSSR count). The summed E-state index contributed by atoms with van der Waals surface area (Å²) in [6.45, 7) is 4.22. The molecule has 1 unspecified atom stereocenters. The zero-order valence-electron chi connectivity index (χ0n) is 11.2. The second-order valence-corrected chi connectivity index (χ2v) is 5.51. The number of carbonyl (C=O) groups excluding carboxylic acids is 1. The van der Waals surface area contributed by atoms with E-state index < -0.39 is 6.04 Å². The SMILES string of the molecule is COC(=O)C(N)CCSCc1cc(C)ccc1C. The fourth-order valence-corrected chi connectivity index (χ4v) is 2.71. The van der Waals surface area contributed by atoms with Gasteiger partial charge in [0.2, 0.25) is 0 Å². The molecule has 0 aromatic heterocycles. The predicted octanol–water partition coefficient (Wildman–Crippen LogP) is 2.43. The standard InChI is InChI=1S/C14H21NO2S/c1-10-4-5-11(2)12(8-10)9-18-7-6-13(15)14(16)17-3/h4-5,8,13H,6-7,9,15H2,1-3H3. The first-order chi connectivity index (χ1) is 8.54. The smallest absolute Gasteiger partial charge is 0.322 e. The highest BCUT2D eigenvalue weighted by Gasteiger charge is 2.12. The van der Waals surface area contributed by atoms with Gasteiger partial charge in [-0.3, -0.25) is 4.79 Å². The molecule has 0 fully saturated rings. The molecule has 18 heavy (non-hydrogen) atoms. The van der Waals surface area contributed by atoms with Gasteiger partial charge in [0.1, 0.15) is 6.04 Å². The summed E-state index contributed by atoms with van der Waals surface area (Å²) in [4.78, 5) is 11.1. The average molecular weight is 267 g/mol. The van der Waals surface area contributed by atoms with Crippen LogP contribution in [0.1, 0.15) is 23.1 Å². The summed E-state index contributed by atoms with van der Waals surface area (Å²) in [5.41, 5.74) is 9.62. The van der Waals surface area contributed by atoms with Gasteiger partial charge in [-0.05, 0) is 37.1 Å². The normalized spacial score (nSPS) is 12.2. The minimum absolute atomic E-state index is 0.331. The molecule has 0 radical (unpaired) electrons. The van der Waals surface area contributed by atoms with Gasteiger partial charge in [-0.15, -0.1) is 0 Å². The minimum Gasteiger partial charge on any atom is -0.468 e. The van der Waals surface area contributed by atoms with Crippen molar-refractivity contribution in [1.29, 1.82) is 0 Å². The van der Waals surface area contributed by atoms with Gasteiger partial charge in [0.05, 0.1) is 7.11 Å². The molecule has 0 saturated heterocycles. The van der Waals surface area contributed by atoms with E-state index in [0.717, 1.165) is 11.5 Å². The number of esters is 1. The van der Waals surface area contributed by atoms with Crippen LogP contribution in [0.15, 0.2) is 18.2 Å². The second-order valence-electron chi connectivity index (χ2n) is 4.40. The average Bonchev–Trinajstić information content (AvgIpc) is 2.37. The maximum absolute atomic E-state index is 11.1. The molecule has 0 amide bonds.